The van der Waals surface area contributed by atoms with Gasteiger partial charge in [0.2, 0.25) is 5.91 Å². The molecule has 3 amide bonds. The fraction of sp³-hybridized carbons (Fsp3) is 0.250. The maximum Gasteiger partial charge on any atom is 0.257 e. The van der Waals surface area contributed by atoms with Gasteiger partial charge in [-0.3, -0.25) is 14.4 Å². The van der Waals surface area contributed by atoms with Crippen LogP contribution < -0.4 is 20.7 Å². The average Bonchev–Trinajstić information content (AvgIpc) is 2.83. The van der Waals surface area contributed by atoms with E-state index in [0.717, 1.165) is 5.56 Å². The molecule has 0 aliphatic rings. The number of benzene rings is 3. The Morgan fingerprint density at radius 3 is 2.23 bits per heavy atom. The molecule has 0 saturated carbocycles. The number of hydrogen-bond acceptors (Lipinski definition) is 4. The second-order valence-corrected chi connectivity index (χ2v) is 8.51. The molecule has 0 saturated heterocycles. The maximum absolute atomic E-state index is 13.2. The minimum Gasteiger partial charge on any atom is -0.494 e. The molecule has 7 heteroatoms. The van der Waals surface area contributed by atoms with Gasteiger partial charge in [-0.2, -0.15) is 0 Å². The molecule has 0 aliphatic heterocycles. The molecular weight excluding hydrogens is 442 g/mol. The first kappa shape index (κ1) is 25.5. The van der Waals surface area contributed by atoms with E-state index in [2.05, 4.69) is 16.0 Å². The lowest BCUT2D eigenvalue weighted by atomic mass is 10.0. The first-order chi connectivity index (χ1) is 16.8. The SMILES string of the molecule is CCOc1ccc(C(=O)NC(C(=O)Nc2ccccc2C(=O)Nc2cccc(C)c2)C(C)C)cc1. The van der Waals surface area contributed by atoms with E-state index in [9.17, 15) is 14.4 Å². The van der Waals surface area contributed by atoms with E-state index >= 15 is 0 Å². The van der Waals surface area contributed by atoms with Crippen molar-refractivity contribution in [2.45, 2.75) is 33.7 Å². The van der Waals surface area contributed by atoms with Crippen LogP contribution in [0, 0.1) is 12.8 Å². The fourth-order valence-electron chi connectivity index (χ4n) is 3.55. The number of hydrogen-bond donors (Lipinski definition) is 3. The van der Waals surface area contributed by atoms with Gasteiger partial charge in [0.1, 0.15) is 11.8 Å². The normalized spacial score (nSPS) is 11.5. The molecule has 0 aromatic heterocycles. The topological polar surface area (TPSA) is 96.5 Å². The molecule has 7 nitrogen and oxygen atoms in total. The molecule has 0 aliphatic carbocycles. The predicted molar refractivity (Wildman–Crippen MR) is 138 cm³/mol. The Morgan fingerprint density at radius 2 is 1.57 bits per heavy atom. The second kappa shape index (κ2) is 11.8. The average molecular weight is 474 g/mol. The summed E-state index contributed by atoms with van der Waals surface area (Å²) in [7, 11) is 0. The van der Waals surface area contributed by atoms with Gasteiger partial charge in [-0.1, -0.05) is 38.1 Å². The van der Waals surface area contributed by atoms with Gasteiger partial charge in [0.25, 0.3) is 11.8 Å². The van der Waals surface area contributed by atoms with E-state index in [1.165, 1.54) is 0 Å². The third kappa shape index (κ3) is 6.93. The van der Waals surface area contributed by atoms with Crippen molar-refractivity contribution >= 4 is 29.1 Å². The fourth-order valence-corrected chi connectivity index (χ4v) is 3.55. The number of carbonyl (C=O) groups excluding carboxylic acids is 3. The van der Waals surface area contributed by atoms with Gasteiger partial charge < -0.3 is 20.7 Å². The summed E-state index contributed by atoms with van der Waals surface area (Å²) >= 11 is 0. The quantitative estimate of drug-likeness (QED) is 0.406. The number of para-hydroxylation sites is 1. The van der Waals surface area contributed by atoms with Crippen LogP contribution in [0.4, 0.5) is 11.4 Å². The zero-order valence-corrected chi connectivity index (χ0v) is 20.4. The lowest BCUT2D eigenvalue weighted by Gasteiger charge is -2.22. The summed E-state index contributed by atoms with van der Waals surface area (Å²) in [5, 5.41) is 8.49. The summed E-state index contributed by atoms with van der Waals surface area (Å²) in [6.07, 6.45) is 0. The second-order valence-electron chi connectivity index (χ2n) is 8.51. The van der Waals surface area contributed by atoms with Gasteiger partial charge in [-0.15, -0.1) is 0 Å². The highest BCUT2D eigenvalue weighted by atomic mass is 16.5. The molecule has 182 valence electrons. The molecule has 3 aromatic rings. The van der Waals surface area contributed by atoms with Crippen LogP contribution in [0.25, 0.3) is 0 Å². The van der Waals surface area contributed by atoms with Crippen LogP contribution in [0.5, 0.6) is 5.75 Å². The number of anilines is 2. The Morgan fingerprint density at radius 1 is 0.857 bits per heavy atom. The Kier molecular flexibility index (Phi) is 8.62. The number of ether oxygens (including phenoxy) is 1. The molecule has 3 N–H and O–H groups in total. The molecule has 3 rings (SSSR count). The molecule has 0 fully saturated rings. The molecule has 0 heterocycles. The molecule has 0 radical (unpaired) electrons. The summed E-state index contributed by atoms with van der Waals surface area (Å²) in [5.74, 6) is -0.633. The summed E-state index contributed by atoms with van der Waals surface area (Å²) in [5.41, 5.74) is 2.79. The molecule has 1 atom stereocenters. The zero-order chi connectivity index (χ0) is 25.4. The van der Waals surface area contributed by atoms with Crippen molar-refractivity contribution < 1.29 is 19.1 Å². The monoisotopic (exact) mass is 473 g/mol. The van der Waals surface area contributed by atoms with Gasteiger partial charge in [-0.25, -0.2) is 0 Å². The molecule has 0 bridgehead atoms. The smallest absolute Gasteiger partial charge is 0.257 e. The minimum atomic E-state index is -0.804. The summed E-state index contributed by atoms with van der Waals surface area (Å²) in [4.78, 5) is 38.9. The summed E-state index contributed by atoms with van der Waals surface area (Å²) in [6, 6.07) is 20.2. The van der Waals surface area contributed by atoms with Crippen molar-refractivity contribution in [1.29, 1.82) is 0 Å². The van der Waals surface area contributed by atoms with Gasteiger partial charge in [-0.05, 0) is 73.9 Å². The van der Waals surface area contributed by atoms with E-state index in [1.807, 2.05) is 45.9 Å². The number of rotatable bonds is 9. The molecule has 3 aromatic carbocycles. The van der Waals surface area contributed by atoms with Crippen LogP contribution >= 0.6 is 0 Å². The summed E-state index contributed by atoms with van der Waals surface area (Å²) < 4.78 is 5.41. The van der Waals surface area contributed by atoms with Gasteiger partial charge in [0.15, 0.2) is 0 Å². The first-order valence-electron chi connectivity index (χ1n) is 11.6. The van der Waals surface area contributed by atoms with Crippen LogP contribution in [0.1, 0.15) is 47.1 Å². The minimum absolute atomic E-state index is 0.185. The maximum atomic E-state index is 13.2. The number of carbonyl (C=O) groups is 3. The first-order valence-corrected chi connectivity index (χ1v) is 11.6. The number of aryl methyl sites for hydroxylation is 1. The van der Waals surface area contributed by atoms with E-state index < -0.39 is 11.9 Å². The van der Waals surface area contributed by atoms with Crippen LogP contribution in [0.15, 0.2) is 72.8 Å². The zero-order valence-electron chi connectivity index (χ0n) is 20.4. The van der Waals surface area contributed by atoms with Gasteiger partial charge >= 0.3 is 0 Å². The third-order valence-corrected chi connectivity index (χ3v) is 5.37. The van der Waals surface area contributed by atoms with Gasteiger partial charge in [0, 0.05) is 11.3 Å². The van der Waals surface area contributed by atoms with E-state index in [4.69, 9.17) is 4.74 Å². The highest BCUT2D eigenvalue weighted by Gasteiger charge is 2.26. The Hall–Kier alpha value is -4.13. The lowest BCUT2D eigenvalue weighted by molar-refractivity contribution is -0.118. The molecule has 35 heavy (non-hydrogen) atoms. The van der Waals surface area contributed by atoms with Crippen LogP contribution in [-0.4, -0.2) is 30.4 Å². The molecule has 1 unspecified atom stereocenters. The van der Waals surface area contributed by atoms with Gasteiger partial charge in [0.05, 0.1) is 17.9 Å². The Balaban J connectivity index is 1.73. The largest absolute Gasteiger partial charge is 0.494 e. The third-order valence-electron chi connectivity index (χ3n) is 5.37. The highest BCUT2D eigenvalue weighted by molar-refractivity contribution is 6.11. The van der Waals surface area contributed by atoms with Crippen LogP contribution in [0.3, 0.4) is 0 Å². The van der Waals surface area contributed by atoms with Crippen molar-refractivity contribution in [2.75, 3.05) is 17.2 Å². The Labute approximate surface area is 205 Å². The van der Waals surface area contributed by atoms with Crippen LogP contribution in [-0.2, 0) is 4.79 Å². The van der Waals surface area contributed by atoms with E-state index in [0.29, 0.717) is 34.9 Å². The van der Waals surface area contributed by atoms with Crippen molar-refractivity contribution in [3.63, 3.8) is 0 Å². The predicted octanol–water partition coefficient (Wildman–Crippen LogP) is 5.04. The van der Waals surface area contributed by atoms with Crippen molar-refractivity contribution in [1.82, 2.24) is 5.32 Å². The molecular formula is C28H31N3O4. The highest BCUT2D eigenvalue weighted by Crippen LogP contribution is 2.19. The van der Waals surface area contributed by atoms with E-state index in [-0.39, 0.29) is 17.7 Å². The van der Waals surface area contributed by atoms with E-state index in [1.54, 1.807) is 54.6 Å². The van der Waals surface area contributed by atoms with Crippen molar-refractivity contribution in [2.24, 2.45) is 5.92 Å². The van der Waals surface area contributed by atoms with Crippen molar-refractivity contribution in [3.05, 3.63) is 89.5 Å². The lowest BCUT2D eigenvalue weighted by Crippen LogP contribution is -2.47. The van der Waals surface area contributed by atoms with Crippen molar-refractivity contribution in [3.8, 4) is 5.75 Å². The van der Waals surface area contributed by atoms with Crippen LogP contribution in [0.2, 0.25) is 0 Å². The summed E-state index contributed by atoms with van der Waals surface area (Å²) in [6.45, 7) is 8.05. The number of nitrogens with one attached hydrogen (secondary N) is 3. The molecule has 0 spiro atoms. The number of amides is 3. The standard InChI is InChI=1S/C28H31N3O4/c1-5-35-22-15-13-20(14-16-22)26(32)31-25(18(2)3)28(34)30-24-12-7-6-11-23(24)27(33)29-21-10-8-9-19(4)17-21/h6-18,25H,5H2,1-4H3,(H,29,33)(H,30,34)(H,31,32). The Bertz CT molecular complexity index is 1190.